The molecule has 90 valence electrons. The normalized spacial score (nSPS) is 11.7. The molecule has 2 N–H and O–H groups in total. The van der Waals surface area contributed by atoms with E-state index in [9.17, 15) is 12.8 Å². The standard InChI is InChI=1S/C11H16FNO2S/c1-2-5-16(14,15)8-10-6-9(7-13)3-4-11(10)12/h3-4,6H,2,5,7-8,13H2,1H3. The number of hydrogen-bond acceptors (Lipinski definition) is 3. The minimum atomic E-state index is -3.21. The molecule has 0 unspecified atom stereocenters. The van der Waals surface area contributed by atoms with Crippen LogP contribution < -0.4 is 5.73 Å². The molecule has 0 heterocycles. The Morgan fingerprint density at radius 2 is 2.06 bits per heavy atom. The van der Waals surface area contributed by atoms with Gasteiger partial charge in [0.05, 0.1) is 11.5 Å². The molecule has 0 saturated carbocycles. The molecule has 1 rings (SSSR count). The van der Waals surface area contributed by atoms with Crippen LogP contribution in [0.4, 0.5) is 4.39 Å². The molecule has 0 aliphatic carbocycles. The fourth-order valence-corrected chi connectivity index (χ4v) is 2.95. The van der Waals surface area contributed by atoms with Crippen LogP contribution in [0.25, 0.3) is 0 Å². The Morgan fingerprint density at radius 3 is 2.62 bits per heavy atom. The first-order chi connectivity index (χ1) is 7.48. The van der Waals surface area contributed by atoms with E-state index in [1.165, 1.54) is 12.1 Å². The van der Waals surface area contributed by atoms with Crippen molar-refractivity contribution in [3.8, 4) is 0 Å². The van der Waals surface area contributed by atoms with Gasteiger partial charge in [-0.15, -0.1) is 0 Å². The van der Waals surface area contributed by atoms with Gasteiger partial charge in [-0.1, -0.05) is 19.1 Å². The van der Waals surface area contributed by atoms with Crippen LogP contribution in [-0.2, 0) is 22.1 Å². The van der Waals surface area contributed by atoms with Gasteiger partial charge in [0, 0.05) is 12.1 Å². The van der Waals surface area contributed by atoms with Gasteiger partial charge in [0.15, 0.2) is 9.84 Å². The third-order valence-electron chi connectivity index (χ3n) is 2.24. The van der Waals surface area contributed by atoms with Crippen molar-refractivity contribution in [2.24, 2.45) is 5.73 Å². The zero-order valence-corrected chi connectivity index (χ0v) is 10.1. The summed E-state index contributed by atoms with van der Waals surface area (Å²) < 4.78 is 36.5. The van der Waals surface area contributed by atoms with E-state index in [0.717, 1.165) is 5.56 Å². The molecular formula is C11H16FNO2S. The molecule has 16 heavy (non-hydrogen) atoms. The molecule has 0 aromatic heterocycles. The van der Waals surface area contributed by atoms with E-state index in [-0.39, 0.29) is 23.6 Å². The van der Waals surface area contributed by atoms with Crippen molar-refractivity contribution in [1.82, 2.24) is 0 Å². The van der Waals surface area contributed by atoms with Gasteiger partial charge in [-0.05, 0) is 18.1 Å². The maximum absolute atomic E-state index is 13.4. The highest BCUT2D eigenvalue weighted by Crippen LogP contribution is 2.14. The van der Waals surface area contributed by atoms with Crippen molar-refractivity contribution in [3.63, 3.8) is 0 Å². The number of halogens is 1. The van der Waals surface area contributed by atoms with Crippen LogP contribution in [-0.4, -0.2) is 14.2 Å². The Hall–Kier alpha value is -0.940. The Labute approximate surface area is 95.4 Å². The number of rotatable bonds is 5. The van der Waals surface area contributed by atoms with Crippen LogP contribution in [0, 0.1) is 5.82 Å². The van der Waals surface area contributed by atoms with Gasteiger partial charge in [-0.2, -0.15) is 0 Å². The summed E-state index contributed by atoms with van der Waals surface area (Å²) in [6.45, 7) is 2.06. The van der Waals surface area contributed by atoms with Crippen molar-refractivity contribution in [3.05, 3.63) is 35.1 Å². The predicted molar refractivity (Wildman–Crippen MR) is 62.1 cm³/mol. The van der Waals surface area contributed by atoms with Crippen molar-refractivity contribution in [2.75, 3.05) is 5.75 Å². The first-order valence-electron chi connectivity index (χ1n) is 5.16. The average molecular weight is 245 g/mol. The molecule has 0 aliphatic heterocycles. The molecule has 0 fully saturated rings. The first-order valence-corrected chi connectivity index (χ1v) is 6.98. The zero-order chi connectivity index (χ0) is 12.2. The minimum absolute atomic E-state index is 0.0826. The van der Waals surface area contributed by atoms with Crippen molar-refractivity contribution < 1.29 is 12.8 Å². The lowest BCUT2D eigenvalue weighted by atomic mass is 10.1. The fourth-order valence-electron chi connectivity index (χ4n) is 1.49. The summed E-state index contributed by atoms with van der Waals surface area (Å²) in [6.07, 6.45) is 0.542. The highest BCUT2D eigenvalue weighted by atomic mass is 32.2. The summed E-state index contributed by atoms with van der Waals surface area (Å²) >= 11 is 0. The molecule has 0 bridgehead atoms. The Morgan fingerprint density at radius 1 is 1.38 bits per heavy atom. The average Bonchev–Trinajstić information content (AvgIpc) is 2.21. The second-order valence-corrected chi connectivity index (χ2v) is 5.91. The molecular weight excluding hydrogens is 229 g/mol. The number of benzene rings is 1. The number of nitrogens with two attached hydrogens (primary N) is 1. The quantitative estimate of drug-likeness (QED) is 0.857. The molecule has 0 radical (unpaired) electrons. The molecule has 0 saturated heterocycles. The summed E-state index contributed by atoms with van der Waals surface area (Å²) in [5.74, 6) is -0.656. The molecule has 0 aliphatic rings. The summed E-state index contributed by atoms with van der Waals surface area (Å²) in [6, 6.07) is 4.34. The second kappa shape index (κ2) is 5.41. The smallest absolute Gasteiger partial charge is 0.154 e. The highest BCUT2D eigenvalue weighted by Gasteiger charge is 2.14. The van der Waals surface area contributed by atoms with Gasteiger partial charge in [0.2, 0.25) is 0 Å². The molecule has 1 aromatic carbocycles. The largest absolute Gasteiger partial charge is 0.326 e. The van der Waals surface area contributed by atoms with Gasteiger partial charge >= 0.3 is 0 Å². The van der Waals surface area contributed by atoms with Crippen LogP contribution >= 0.6 is 0 Å². The van der Waals surface area contributed by atoms with Crippen LogP contribution in [0.1, 0.15) is 24.5 Å². The summed E-state index contributed by atoms with van der Waals surface area (Å²) in [4.78, 5) is 0. The van der Waals surface area contributed by atoms with E-state index in [4.69, 9.17) is 5.73 Å². The van der Waals surface area contributed by atoms with Gasteiger partial charge in [-0.25, -0.2) is 12.8 Å². The van der Waals surface area contributed by atoms with E-state index in [0.29, 0.717) is 6.42 Å². The number of sulfone groups is 1. The van der Waals surface area contributed by atoms with Crippen LogP contribution in [0.2, 0.25) is 0 Å². The van der Waals surface area contributed by atoms with E-state index in [1.807, 2.05) is 0 Å². The van der Waals surface area contributed by atoms with Crippen LogP contribution in [0.15, 0.2) is 18.2 Å². The molecule has 0 amide bonds. The Bertz CT molecular complexity index is 457. The SMILES string of the molecule is CCCS(=O)(=O)Cc1cc(CN)ccc1F. The van der Waals surface area contributed by atoms with Crippen molar-refractivity contribution in [2.45, 2.75) is 25.6 Å². The second-order valence-electron chi connectivity index (χ2n) is 3.72. The van der Waals surface area contributed by atoms with Gasteiger partial charge in [0.25, 0.3) is 0 Å². The van der Waals surface area contributed by atoms with Gasteiger partial charge in [0.1, 0.15) is 5.82 Å². The fraction of sp³-hybridized carbons (Fsp3) is 0.455. The molecule has 0 spiro atoms. The first kappa shape index (κ1) is 13.1. The summed E-state index contributed by atoms with van der Waals surface area (Å²) in [7, 11) is -3.21. The van der Waals surface area contributed by atoms with E-state index < -0.39 is 15.7 Å². The summed E-state index contributed by atoms with van der Waals surface area (Å²) in [5, 5.41) is 0. The highest BCUT2D eigenvalue weighted by molar-refractivity contribution is 7.90. The van der Waals surface area contributed by atoms with Gasteiger partial charge < -0.3 is 5.73 Å². The molecule has 5 heteroatoms. The minimum Gasteiger partial charge on any atom is -0.326 e. The molecule has 0 atom stereocenters. The third kappa shape index (κ3) is 3.57. The maximum atomic E-state index is 13.4. The van der Waals surface area contributed by atoms with Crippen LogP contribution in [0.3, 0.4) is 0 Å². The lowest BCUT2D eigenvalue weighted by molar-refractivity contribution is 0.585. The maximum Gasteiger partial charge on any atom is 0.154 e. The Kier molecular flexibility index (Phi) is 4.44. The van der Waals surface area contributed by atoms with Crippen LogP contribution in [0.5, 0.6) is 0 Å². The number of hydrogen-bond donors (Lipinski definition) is 1. The lowest BCUT2D eigenvalue weighted by Crippen LogP contribution is -2.10. The molecule has 3 nitrogen and oxygen atoms in total. The molecule has 1 aromatic rings. The summed E-state index contributed by atoms with van der Waals surface area (Å²) in [5.41, 5.74) is 6.36. The lowest BCUT2D eigenvalue weighted by Gasteiger charge is -2.06. The Balaban J connectivity index is 2.96. The predicted octanol–water partition coefficient (Wildman–Crippen LogP) is 1.61. The van der Waals surface area contributed by atoms with E-state index in [2.05, 4.69) is 0 Å². The van der Waals surface area contributed by atoms with E-state index in [1.54, 1.807) is 13.0 Å². The van der Waals surface area contributed by atoms with Crippen molar-refractivity contribution >= 4 is 9.84 Å². The third-order valence-corrected chi connectivity index (χ3v) is 4.02. The van der Waals surface area contributed by atoms with Gasteiger partial charge in [-0.3, -0.25) is 0 Å². The van der Waals surface area contributed by atoms with E-state index >= 15 is 0 Å². The topological polar surface area (TPSA) is 60.2 Å². The van der Waals surface area contributed by atoms with Crippen molar-refractivity contribution in [1.29, 1.82) is 0 Å². The monoisotopic (exact) mass is 245 g/mol. The zero-order valence-electron chi connectivity index (χ0n) is 9.24.